The van der Waals surface area contributed by atoms with Gasteiger partial charge in [0.2, 0.25) is 5.91 Å². The average Bonchev–Trinajstić information content (AvgIpc) is 3.29. The lowest BCUT2D eigenvalue weighted by atomic mass is 9.43. The average molecular weight is 973 g/mol. The molecule has 0 aromatic heterocycles. The van der Waals surface area contributed by atoms with Gasteiger partial charge < -0.3 is 40.5 Å². The summed E-state index contributed by atoms with van der Waals surface area (Å²) < 4.78 is 89.6. The van der Waals surface area contributed by atoms with Crippen LogP contribution in [-0.2, 0) is 54.6 Å². The Kier molecular flexibility index (Phi) is 13.6. The van der Waals surface area contributed by atoms with Gasteiger partial charge in [-0.3, -0.25) is 18.7 Å². The smallest absolute Gasteiger partial charge is 0.397 e. The van der Waals surface area contributed by atoms with Gasteiger partial charge in [-0.2, -0.15) is 16.8 Å². The third-order valence-electron chi connectivity index (χ3n) is 13.4. The molecule has 5 aliphatic rings. The first kappa shape index (κ1) is 45.5. The fourth-order valence-corrected chi connectivity index (χ4v) is 12.9. The number of phenols is 1. The maximum absolute atomic E-state index is 12.8. The number of carbonyl (C=O) groups is 2. The van der Waals surface area contributed by atoms with Crippen molar-refractivity contribution in [1.29, 1.82) is 0 Å². The number of amides is 1. The Hall–Kier alpha value is -2.03. The summed E-state index contributed by atoms with van der Waals surface area (Å²) >= 11 is 2.01. The molecular weight excluding hydrogens is 919 g/mol. The maximum Gasteiger partial charge on any atom is 0.397 e. The van der Waals surface area contributed by atoms with E-state index in [1.807, 2.05) is 29.5 Å². The van der Waals surface area contributed by atoms with E-state index in [4.69, 9.17) is 17.8 Å². The largest absolute Gasteiger partial charge is 0.507 e. The lowest BCUT2D eigenvalue weighted by Crippen LogP contribution is -2.64. The van der Waals surface area contributed by atoms with E-state index in [2.05, 4.69) is 17.2 Å². The van der Waals surface area contributed by atoms with Crippen LogP contribution in [0.3, 0.4) is 0 Å². The van der Waals surface area contributed by atoms with E-state index in [1.54, 1.807) is 19.1 Å². The van der Waals surface area contributed by atoms with E-state index >= 15 is 0 Å². The first-order chi connectivity index (χ1) is 27.0. The zero-order valence-electron chi connectivity index (χ0n) is 32.2. The summed E-state index contributed by atoms with van der Waals surface area (Å²) in [6.45, 7) is 7.78. The number of carbonyl (C=O) groups excluding carboxylic acids is 1. The van der Waals surface area contributed by atoms with Gasteiger partial charge in [0.15, 0.2) is 6.29 Å². The van der Waals surface area contributed by atoms with Gasteiger partial charge in [0.25, 0.3) is 0 Å². The molecular formula is C37H53IN2O16S2. The number of aliphatic hydroxyl groups excluding tert-OH is 2. The highest BCUT2D eigenvalue weighted by atomic mass is 127. The molecule has 21 heteroatoms. The summed E-state index contributed by atoms with van der Waals surface area (Å²) in [4.78, 5) is 25.4. The van der Waals surface area contributed by atoms with Crippen LogP contribution in [0, 0.1) is 45.0 Å². The minimum Gasteiger partial charge on any atom is -0.507 e. The summed E-state index contributed by atoms with van der Waals surface area (Å²) in [5.74, 6) is -2.15. The van der Waals surface area contributed by atoms with Gasteiger partial charge in [0.1, 0.15) is 30.2 Å². The highest BCUT2D eigenvalue weighted by molar-refractivity contribution is 14.1. The number of aryl methyl sites for hydroxylation is 2. The number of rotatable bonds is 15. The van der Waals surface area contributed by atoms with Gasteiger partial charge >= 0.3 is 26.8 Å². The lowest BCUT2D eigenvalue weighted by Gasteiger charge is -2.62. The molecule has 6 rings (SSSR count). The van der Waals surface area contributed by atoms with E-state index in [-0.39, 0.29) is 61.9 Å². The molecule has 10 unspecified atom stereocenters. The number of carboxylic acid groups (broad SMARTS) is 1. The van der Waals surface area contributed by atoms with Gasteiger partial charge in [-0.05, 0) is 127 Å². The van der Waals surface area contributed by atoms with Crippen molar-refractivity contribution in [3.05, 3.63) is 39.0 Å². The fourth-order valence-electron chi connectivity index (χ4n) is 11.0. The summed E-state index contributed by atoms with van der Waals surface area (Å²) in [5, 5.41) is 49.0. The number of phenolic OH excluding ortho intramolecular Hbond substituents is 1. The Balaban J connectivity index is 1.16. The van der Waals surface area contributed by atoms with Crippen LogP contribution in [-0.4, -0.2) is 121 Å². The van der Waals surface area contributed by atoms with Gasteiger partial charge in [0.05, 0.1) is 21.7 Å². The monoisotopic (exact) mass is 972 g/mol. The highest BCUT2D eigenvalue weighted by Gasteiger charge is 2.67. The van der Waals surface area contributed by atoms with Crippen LogP contribution in [0.25, 0.3) is 0 Å². The number of fused-ring (bicyclic) bond motifs is 3. The van der Waals surface area contributed by atoms with Crippen LogP contribution in [0.4, 0.5) is 0 Å². The van der Waals surface area contributed by atoms with Gasteiger partial charge in [0, 0.05) is 31.5 Å². The molecule has 18 nitrogen and oxygen atoms in total. The zero-order chi connectivity index (χ0) is 42.5. The van der Waals surface area contributed by atoms with E-state index in [9.17, 15) is 56.0 Å². The molecule has 1 saturated heterocycles. The quantitative estimate of drug-likeness (QED) is 0.0410. The number of benzene rings is 1. The minimum absolute atomic E-state index is 0.00273. The molecule has 8 N–H and O–H groups in total. The second-order valence-corrected chi connectivity index (χ2v) is 20.1. The summed E-state index contributed by atoms with van der Waals surface area (Å²) in [5.41, 5.74) is 1.25. The molecule has 1 aromatic rings. The van der Waals surface area contributed by atoms with Crippen LogP contribution in [0.5, 0.6) is 5.75 Å². The summed E-state index contributed by atoms with van der Waals surface area (Å²) in [6, 6.07) is 3.57. The molecule has 2 bridgehead atoms. The van der Waals surface area contributed by atoms with Gasteiger partial charge in [-0.1, -0.05) is 19.6 Å². The maximum atomic E-state index is 12.8. The Morgan fingerprint density at radius 3 is 2.38 bits per heavy atom. The Morgan fingerprint density at radius 2 is 1.72 bits per heavy atom. The van der Waals surface area contributed by atoms with E-state index in [1.165, 1.54) is 0 Å². The second kappa shape index (κ2) is 17.4. The standard InChI is InChI=1S/C37H53IN2O16S2/c1-18-12-20(13-25(38)29(18)42)4-7-28(41)40-11-10-39-17-26-31(55-57(47,48)49)32(56-58(50,51)52)30(43)35(54-26)53-22-14-23(34(45)46)24-8-9-37-15-21(19(2)33(37)44)5-6-27(37)36(24,3)16-22/h12-13,21-24,26-27,30-33,35,39,42-44H,2,4-11,14-17H2,1,3H3,(H,40,41)(H,45,46)(H,47,48,49)(H,50,51,52)/t21?,22?,23?,24?,26-,27?,30?,31-,32?,33+,35?,36?,37?/m1/s1. The van der Waals surface area contributed by atoms with Crippen molar-refractivity contribution < 1.29 is 73.8 Å². The number of nitrogens with one attached hydrogen (secondary N) is 2. The molecule has 58 heavy (non-hydrogen) atoms. The van der Waals surface area contributed by atoms with Crippen molar-refractivity contribution in [3.8, 4) is 5.75 Å². The third kappa shape index (κ3) is 9.54. The number of aromatic hydroxyl groups is 1. The Morgan fingerprint density at radius 1 is 1.03 bits per heavy atom. The molecule has 326 valence electrons. The highest BCUT2D eigenvalue weighted by Crippen LogP contribution is 2.70. The van der Waals surface area contributed by atoms with Gasteiger partial charge in [-0.25, -0.2) is 8.37 Å². The molecule has 1 amide bonds. The number of hydrogen-bond acceptors (Lipinski definition) is 14. The van der Waals surface area contributed by atoms with E-state index in [0.29, 0.717) is 34.8 Å². The minimum atomic E-state index is -5.39. The molecule has 1 aromatic carbocycles. The molecule has 1 heterocycles. The Labute approximate surface area is 351 Å². The van der Waals surface area contributed by atoms with Crippen molar-refractivity contribution in [1.82, 2.24) is 10.6 Å². The first-order valence-corrected chi connectivity index (χ1v) is 23.2. The molecule has 1 aliphatic heterocycles. The van der Waals surface area contributed by atoms with Crippen LogP contribution in [0.1, 0.15) is 69.4 Å². The molecule has 0 radical (unpaired) electrons. The molecule has 5 fully saturated rings. The molecule has 4 saturated carbocycles. The predicted molar refractivity (Wildman–Crippen MR) is 212 cm³/mol. The van der Waals surface area contributed by atoms with Crippen LogP contribution in [0.15, 0.2) is 24.3 Å². The number of ether oxygens (including phenoxy) is 2. The van der Waals surface area contributed by atoms with E-state index in [0.717, 1.165) is 30.4 Å². The van der Waals surface area contributed by atoms with Gasteiger partial charge in [-0.15, -0.1) is 0 Å². The van der Waals surface area contributed by atoms with Crippen molar-refractivity contribution in [2.75, 3.05) is 19.6 Å². The fraction of sp³-hybridized carbons (Fsp3) is 0.730. The van der Waals surface area contributed by atoms with E-state index < -0.39 is 86.4 Å². The number of aliphatic hydroxyl groups is 2. The first-order valence-electron chi connectivity index (χ1n) is 19.4. The summed E-state index contributed by atoms with van der Waals surface area (Å²) in [7, 11) is -10.7. The number of carboxylic acids is 1. The molecule has 1 spiro atoms. The number of aliphatic carboxylic acids is 1. The molecule has 4 aliphatic carbocycles. The zero-order valence-corrected chi connectivity index (χ0v) is 35.9. The number of halogens is 1. The van der Waals surface area contributed by atoms with Crippen LogP contribution < -0.4 is 10.6 Å². The van der Waals surface area contributed by atoms with Crippen molar-refractivity contribution >= 4 is 55.3 Å². The topological polar surface area (TPSA) is 285 Å². The Bertz CT molecular complexity index is 1950. The van der Waals surface area contributed by atoms with Crippen molar-refractivity contribution in [3.63, 3.8) is 0 Å². The summed E-state index contributed by atoms with van der Waals surface area (Å²) in [6.07, 6.45) is -6.93. The predicted octanol–water partition coefficient (Wildman–Crippen LogP) is 2.03. The number of hydrogen-bond donors (Lipinski definition) is 8. The van der Waals surface area contributed by atoms with Crippen molar-refractivity contribution in [2.45, 2.75) is 115 Å². The van der Waals surface area contributed by atoms with Crippen LogP contribution in [0.2, 0.25) is 0 Å². The molecule has 13 atom stereocenters. The third-order valence-corrected chi connectivity index (χ3v) is 15.2. The SMILES string of the molecule is C=C1C2CCC3C4(C)CC(OC5O[C@H](CNCCNC(=O)CCc6cc(C)c(O)c(I)c6)[C@@H](OS(=O)(=O)O)C(OS(=O)(=O)O)C5O)CC(C(=O)O)C4CCC3(C2)[C@H]1O. The normalized spacial score (nSPS) is 37.5. The second-order valence-electron chi connectivity index (χ2n) is 16.8. The van der Waals surface area contributed by atoms with Crippen LogP contribution >= 0.6 is 22.6 Å². The van der Waals surface area contributed by atoms with Crippen molar-refractivity contribution in [2.24, 2.45) is 34.5 Å². The lowest BCUT2D eigenvalue weighted by molar-refractivity contribution is -0.309.